The Bertz CT molecular complexity index is 441. The Morgan fingerprint density at radius 1 is 1.38 bits per heavy atom. The lowest BCUT2D eigenvalue weighted by Crippen LogP contribution is -2.43. The van der Waals surface area contributed by atoms with E-state index in [4.69, 9.17) is 4.74 Å². The lowest BCUT2D eigenvalue weighted by Gasteiger charge is -2.33. The number of hydrogen-bond donors (Lipinski definition) is 1. The van der Waals surface area contributed by atoms with Crippen LogP contribution in [0, 0.1) is 5.82 Å². The molecule has 2 saturated heterocycles. The third kappa shape index (κ3) is 3.78. The molecule has 3 atom stereocenters. The second-order valence-electron chi connectivity index (χ2n) is 6.02. The minimum absolute atomic E-state index is 0.191. The standard InChI is InChI=1S/C16H24FN3O/c1-2-18-16(15-6-3-12(17)9-19-15)7-8-20-10-13-4-5-14(11-20)21-13/h3,6,9,13-14,16,18H,2,4-5,7-8,10-11H2,1H3. The molecule has 0 amide bonds. The van der Waals surface area contributed by atoms with Gasteiger partial charge in [0.2, 0.25) is 0 Å². The number of pyridine rings is 1. The van der Waals surface area contributed by atoms with Crippen LogP contribution in [0.3, 0.4) is 0 Å². The third-order valence-corrected chi connectivity index (χ3v) is 4.41. The van der Waals surface area contributed by atoms with Gasteiger partial charge in [0.1, 0.15) is 5.82 Å². The van der Waals surface area contributed by atoms with Crippen LogP contribution in [-0.4, -0.2) is 48.3 Å². The maximum Gasteiger partial charge on any atom is 0.141 e. The summed E-state index contributed by atoms with van der Waals surface area (Å²) >= 11 is 0. The van der Waals surface area contributed by atoms with E-state index in [-0.39, 0.29) is 11.9 Å². The number of ether oxygens (including phenoxy) is 1. The average Bonchev–Trinajstić information content (AvgIpc) is 2.83. The minimum Gasteiger partial charge on any atom is -0.372 e. The molecular formula is C16H24FN3O. The largest absolute Gasteiger partial charge is 0.372 e. The number of hydrogen-bond acceptors (Lipinski definition) is 4. The third-order valence-electron chi connectivity index (χ3n) is 4.41. The number of nitrogens with zero attached hydrogens (tertiary/aromatic N) is 2. The summed E-state index contributed by atoms with van der Waals surface area (Å²) in [6.45, 7) is 6.11. The van der Waals surface area contributed by atoms with Crippen LogP contribution in [0.2, 0.25) is 0 Å². The van der Waals surface area contributed by atoms with E-state index >= 15 is 0 Å². The van der Waals surface area contributed by atoms with Crippen molar-refractivity contribution in [3.8, 4) is 0 Å². The van der Waals surface area contributed by atoms with Gasteiger partial charge >= 0.3 is 0 Å². The highest BCUT2D eigenvalue weighted by atomic mass is 19.1. The first kappa shape index (κ1) is 14.9. The van der Waals surface area contributed by atoms with Gasteiger partial charge in [0.05, 0.1) is 30.1 Å². The fourth-order valence-electron chi connectivity index (χ4n) is 3.39. The SMILES string of the molecule is CCNC(CCN1CC2CCC(C1)O2)c1ccc(F)cn1. The molecule has 2 aliphatic rings. The molecule has 1 N–H and O–H groups in total. The van der Waals surface area contributed by atoms with Crippen molar-refractivity contribution in [3.63, 3.8) is 0 Å². The van der Waals surface area contributed by atoms with Gasteiger partial charge in [-0.25, -0.2) is 4.39 Å². The van der Waals surface area contributed by atoms with Crippen molar-refractivity contribution in [2.45, 2.75) is 44.4 Å². The minimum atomic E-state index is -0.279. The van der Waals surface area contributed by atoms with Gasteiger partial charge in [-0.05, 0) is 37.9 Å². The van der Waals surface area contributed by atoms with Gasteiger partial charge in [0, 0.05) is 19.6 Å². The second kappa shape index (κ2) is 6.81. The molecule has 3 rings (SSSR count). The Balaban J connectivity index is 1.56. The van der Waals surface area contributed by atoms with E-state index in [1.165, 1.54) is 25.1 Å². The van der Waals surface area contributed by atoms with Crippen molar-refractivity contribution in [2.75, 3.05) is 26.2 Å². The Labute approximate surface area is 125 Å². The molecule has 0 aromatic carbocycles. The second-order valence-corrected chi connectivity index (χ2v) is 6.02. The highest BCUT2D eigenvalue weighted by Crippen LogP contribution is 2.27. The van der Waals surface area contributed by atoms with Crippen molar-refractivity contribution < 1.29 is 9.13 Å². The maximum atomic E-state index is 13.0. The Morgan fingerprint density at radius 3 is 2.76 bits per heavy atom. The number of fused-ring (bicyclic) bond motifs is 2. The van der Waals surface area contributed by atoms with Gasteiger partial charge in [-0.15, -0.1) is 0 Å². The Hall–Kier alpha value is -1.04. The first-order chi connectivity index (χ1) is 10.2. The van der Waals surface area contributed by atoms with E-state index in [0.717, 1.165) is 38.3 Å². The number of morpholine rings is 1. The first-order valence-electron chi connectivity index (χ1n) is 7.97. The average molecular weight is 293 g/mol. The van der Waals surface area contributed by atoms with E-state index in [2.05, 4.69) is 22.1 Å². The number of likely N-dealkylation sites (tertiary alicyclic amines) is 1. The van der Waals surface area contributed by atoms with Gasteiger partial charge in [0.15, 0.2) is 0 Å². The van der Waals surface area contributed by atoms with Crippen molar-refractivity contribution in [3.05, 3.63) is 29.8 Å². The molecule has 116 valence electrons. The van der Waals surface area contributed by atoms with Crippen LogP contribution in [0.5, 0.6) is 0 Å². The van der Waals surface area contributed by atoms with E-state index in [1.54, 1.807) is 6.07 Å². The van der Waals surface area contributed by atoms with Crippen LogP contribution in [0.15, 0.2) is 18.3 Å². The molecule has 0 spiro atoms. The Kier molecular flexibility index (Phi) is 4.83. The molecule has 0 radical (unpaired) electrons. The van der Waals surface area contributed by atoms with E-state index in [0.29, 0.717) is 12.2 Å². The fraction of sp³-hybridized carbons (Fsp3) is 0.688. The lowest BCUT2D eigenvalue weighted by atomic mass is 10.1. The summed E-state index contributed by atoms with van der Waals surface area (Å²) in [7, 11) is 0. The van der Waals surface area contributed by atoms with E-state index in [1.807, 2.05) is 0 Å². The zero-order chi connectivity index (χ0) is 14.7. The van der Waals surface area contributed by atoms with E-state index < -0.39 is 0 Å². The molecule has 5 heteroatoms. The summed E-state index contributed by atoms with van der Waals surface area (Å²) in [6, 6.07) is 3.46. The van der Waals surface area contributed by atoms with Crippen LogP contribution in [0.25, 0.3) is 0 Å². The number of rotatable bonds is 6. The summed E-state index contributed by atoms with van der Waals surface area (Å²) in [5.74, 6) is -0.279. The van der Waals surface area contributed by atoms with Gasteiger partial charge < -0.3 is 10.1 Å². The van der Waals surface area contributed by atoms with E-state index in [9.17, 15) is 4.39 Å². The van der Waals surface area contributed by atoms with Gasteiger partial charge in [-0.2, -0.15) is 0 Å². The number of aromatic nitrogens is 1. The highest BCUT2D eigenvalue weighted by molar-refractivity contribution is 5.10. The van der Waals surface area contributed by atoms with Gasteiger partial charge in [-0.1, -0.05) is 6.92 Å². The maximum absolute atomic E-state index is 13.0. The van der Waals surface area contributed by atoms with Gasteiger partial charge in [0.25, 0.3) is 0 Å². The van der Waals surface area contributed by atoms with Crippen LogP contribution in [0.4, 0.5) is 4.39 Å². The number of nitrogens with one attached hydrogen (secondary N) is 1. The normalized spacial score (nSPS) is 27.0. The zero-order valence-electron chi connectivity index (χ0n) is 12.6. The molecule has 0 aliphatic carbocycles. The molecule has 0 saturated carbocycles. The smallest absolute Gasteiger partial charge is 0.141 e. The molecule has 3 unspecified atom stereocenters. The van der Waals surface area contributed by atoms with Crippen molar-refractivity contribution in [2.24, 2.45) is 0 Å². The van der Waals surface area contributed by atoms with Crippen molar-refractivity contribution in [1.29, 1.82) is 0 Å². The van der Waals surface area contributed by atoms with Crippen LogP contribution in [-0.2, 0) is 4.74 Å². The quantitative estimate of drug-likeness (QED) is 0.872. The number of halogens is 1. The molecule has 3 heterocycles. The molecule has 2 bridgehead atoms. The van der Waals surface area contributed by atoms with Crippen LogP contribution < -0.4 is 5.32 Å². The van der Waals surface area contributed by atoms with Crippen molar-refractivity contribution >= 4 is 0 Å². The van der Waals surface area contributed by atoms with Crippen LogP contribution >= 0.6 is 0 Å². The van der Waals surface area contributed by atoms with Crippen LogP contribution in [0.1, 0.15) is 37.9 Å². The predicted molar refractivity (Wildman–Crippen MR) is 79.6 cm³/mol. The predicted octanol–water partition coefficient (Wildman–Crippen LogP) is 2.12. The van der Waals surface area contributed by atoms with Gasteiger partial charge in [-0.3, -0.25) is 9.88 Å². The summed E-state index contributed by atoms with van der Waals surface area (Å²) in [5, 5.41) is 3.45. The first-order valence-corrected chi connectivity index (χ1v) is 7.97. The molecule has 2 aliphatic heterocycles. The molecule has 1 aromatic heterocycles. The lowest BCUT2D eigenvalue weighted by molar-refractivity contribution is -0.0391. The fourth-order valence-corrected chi connectivity index (χ4v) is 3.39. The molecular weight excluding hydrogens is 269 g/mol. The zero-order valence-corrected chi connectivity index (χ0v) is 12.6. The molecule has 21 heavy (non-hydrogen) atoms. The summed E-state index contributed by atoms with van der Waals surface area (Å²) in [5.41, 5.74) is 0.925. The highest BCUT2D eigenvalue weighted by Gasteiger charge is 2.33. The molecule has 2 fully saturated rings. The summed E-state index contributed by atoms with van der Waals surface area (Å²) in [6.07, 6.45) is 5.57. The van der Waals surface area contributed by atoms with Crippen molar-refractivity contribution in [1.82, 2.24) is 15.2 Å². The topological polar surface area (TPSA) is 37.4 Å². The summed E-state index contributed by atoms with van der Waals surface area (Å²) in [4.78, 5) is 6.72. The molecule has 4 nitrogen and oxygen atoms in total. The summed E-state index contributed by atoms with van der Waals surface area (Å²) < 4.78 is 18.9. The monoisotopic (exact) mass is 293 g/mol. The molecule has 1 aromatic rings. The Morgan fingerprint density at radius 2 is 2.14 bits per heavy atom.